The van der Waals surface area contributed by atoms with Crippen LogP contribution in [0.1, 0.15) is 13.8 Å². The van der Waals surface area contributed by atoms with Crippen molar-refractivity contribution in [3.63, 3.8) is 0 Å². The average Bonchev–Trinajstić information content (AvgIpc) is 2.78. The quantitative estimate of drug-likeness (QED) is 0.791. The first-order valence-electron chi connectivity index (χ1n) is 6.32. The van der Waals surface area contributed by atoms with Crippen molar-refractivity contribution >= 4 is 39.3 Å². The summed E-state index contributed by atoms with van der Waals surface area (Å²) in [5.41, 5.74) is 6.65. The molecule has 0 spiro atoms. The summed E-state index contributed by atoms with van der Waals surface area (Å²) in [7, 11) is 0. The summed E-state index contributed by atoms with van der Waals surface area (Å²) in [6, 6.07) is 8.20. The third-order valence-corrected chi connectivity index (χ3v) is 4.37. The van der Waals surface area contributed by atoms with Crippen molar-refractivity contribution in [3.8, 4) is 6.01 Å². The lowest BCUT2D eigenvalue weighted by atomic mass is 10.3. The van der Waals surface area contributed by atoms with Crippen molar-refractivity contribution in [2.75, 3.05) is 5.73 Å². The molecule has 0 saturated heterocycles. The highest BCUT2D eigenvalue weighted by molar-refractivity contribution is 8.01. The third-order valence-electron chi connectivity index (χ3n) is 2.41. The highest BCUT2D eigenvalue weighted by Gasteiger charge is 2.11. The van der Waals surface area contributed by atoms with E-state index in [-0.39, 0.29) is 18.1 Å². The molecule has 2 heterocycles. The molecule has 0 unspecified atom stereocenters. The molecule has 0 fully saturated rings. The van der Waals surface area contributed by atoms with E-state index in [2.05, 4.69) is 19.9 Å². The van der Waals surface area contributed by atoms with E-state index >= 15 is 0 Å². The van der Waals surface area contributed by atoms with Crippen LogP contribution in [0.4, 0.5) is 5.95 Å². The van der Waals surface area contributed by atoms with Crippen LogP contribution in [0.15, 0.2) is 33.8 Å². The fourth-order valence-electron chi connectivity index (χ4n) is 1.63. The highest BCUT2D eigenvalue weighted by Crippen LogP contribution is 2.33. The average molecular weight is 319 g/mol. The predicted octanol–water partition coefficient (Wildman–Crippen LogP) is 3.00. The molecule has 0 atom stereocenters. The molecule has 108 valence electrons. The molecule has 6 nitrogen and oxygen atoms in total. The molecular formula is C13H13N5OS2. The van der Waals surface area contributed by atoms with E-state index in [0.29, 0.717) is 5.16 Å². The number of anilines is 1. The van der Waals surface area contributed by atoms with E-state index in [4.69, 9.17) is 10.5 Å². The topological polar surface area (TPSA) is 86.8 Å². The Balaban J connectivity index is 1.88. The second-order valence-electron chi connectivity index (χ2n) is 4.47. The van der Waals surface area contributed by atoms with Gasteiger partial charge in [0.25, 0.3) is 0 Å². The van der Waals surface area contributed by atoms with Gasteiger partial charge in [0.2, 0.25) is 11.1 Å². The van der Waals surface area contributed by atoms with Gasteiger partial charge in [-0.2, -0.15) is 15.0 Å². The van der Waals surface area contributed by atoms with Crippen molar-refractivity contribution in [1.29, 1.82) is 0 Å². The van der Waals surface area contributed by atoms with E-state index in [1.165, 1.54) is 11.8 Å². The largest absolute Gasteiger partial charge is 0.461 e. The maximum Gasteiger partial charge on any atom is 0.322 e. The minimum absolute atomic E-state index is 0.0212. The third kappa shape index (κ3) is 3.40. The van der Waals surface area contributed by atoms with Gasteiger partial charge in [-0.1, -0.05) is 12.1 Å². The van der Waals surface area contributed by atoms with Gasteiger partial charge in [0, 0.05) is 0 Å². The minimum atomic E-state index is -0.0212. The first-order valence-corrected chi connectivity index (χ1v) is 7.95. The maximum absolute atomic E-state index is 5.69. The van der Waals surface area contributed by atoms with Crippen LogP contribution in [0.5, 0.6) is 6.01 Å². The van der Waals surface area contributed by atoms with Gasteiger partial charge >= 0.3 is 6.01 Å². The normalized spacial score (nSPS) is 11.2. The van der Waals surface area contributed by atoms with Crippen molar-refractivity contribution in [2.24, 2.45) is 0 Å². The summed E-state index contributed by atoms with van der Waals surface area (Å²) in [6.07, 6.45) is -0.0212. The number of nitrogens with two attached hydrogens (primary N) is 1. The molecule has 0 radical (unpaired) electrons. The van der Waals surface area contributed by atoms with Crippen LogP contribution in [0.2, 0.25) is 0 Å². The van der Waals surface area contributed by atoms with Gasteiger partial charge in [-0.15, -0.1) is 11.3 Å². The van der Waals surface area contributed by atoms with Crippen LogP contribution in [0.3, 0.4) is 0 Å². The van der Waals surface area contributed by atoms with Crippen LogP contribution in [0.25, 0.3) is 10.2 Å². The van der Waals surface area contributed by atoms with E-state index in [9.17, 15) is 0 Å². The summed E-state index contributed by atoms with van der Waals surface area (Å²) < 4.78 is 7.44. The van der Waals surface area contributed by atoms with Crippen molar-refractivity contribution in [2.45, 2.75) is 29.4 Å². The Morgan fingerprint density at radius 3 is 2.71 bits per heavy atom. The number of benzene rings is 1. The summed E-state index contributed by atoms with van der Waals surface area (Å²) >= 11 is 2.94. The Labute approximate surface area is 129 Å². The van der Waals surface area contributed by atoms with Crippen LogP contribution in [-0.4, -0.2) is 26.0 Å². The molecule has 8 heteroatoms. The number of fused-ring (bicyclic) bond motifs is 1. The van der Waals surface area contributed by atoms with Crippen LogP contribution in [0, 0.1) is 0 Å². The molecule has 0 saturated carbocycles. The van der Waals surface area contributed by atoms with Crippen molar-refractivity contribution in [1.82, 2.24) is 19.9 Å². The minimum Gasteiger partial charge on any atom is -0.461 e. The Hall–Kier alpha value is -1.93. The fraction of sp³-hybridized carbons (Fsp3) is 0.231. The number of aromatic nitrogens is 4. The Morgan fingerprint density at radius 1 is 1.14 bits per heavy atom. The maximum atomic E-state index is 5.69. The fourth-order valence-corrected chi connectivity index (χ4v) is 3.55. The van der Waals surface area contributed by atoms with E-state index in [1.54, 1.807) is 11.3 Å². The van der Waals surface area contributed by atoms with Gasteiger partial charge in [-0.25, -0.2) is 4.98 Å². The molecule has 0 bridgehead atoms. The molecule has 3 rings (SSSR count). The van der Waals surface area contributed by atoms with Crippen LogP contribution >= 0.6 is 23.1 Å². The zero-order valence-electron chi connectivity index (χ0n) is 11.5. The smallest absolute Gasteiger partial charge is 0.322 e. The Kier molecular flexibility index (Phi) is 3.89. The van der Waals surface area contributed by atoms with E-state index in [1.807, 2.05) is 38.1 Å². The molecule has 21 heavy (non-hydrogen) atoms. The summed E-state index contributed by atoms with van der Waals surface area (Å²) in [5.74, 6) is 0.143. The Bertz CT molecular complexity index is 741. The second kappa shape index (κ2) is 5.82. The summed E-state index contributed by atoms with van der Waals surface area (Å²) in [6.45, 7) is 3.81. The van der Waals surface area contributed by atoms with Gasteiger partial charge in [0.15, 0.2) is 4.34 Å². The Morgan fingerprint density at radius 2 is 1.95 bits per heavy atom. The standard InChI is InChI=1S/C13H13N5OS2/c1-7(2)19-11-16-10(14)17-12(18-11)21-13-15-8-5-3-4-6-9(8)20-13/h3-7H,1-2H3,(H2,14,16,17,18). The lowest BCUT2D eigenvalue weighted by Crippen LogP contribution is -2.10. The molecular weight excluding hydrogens is 306 g/mol. The van der Waals surface area contributed by atoms with E-state index in [0.717, 1.165) is 14.6 Å². The second-order valence-corrected chi connectivity index (χ2v) is 6.72. The monoisotopic (exact) mass is 319 g/mol. The number of hydrogen-bond donors (Lipinski definition) is 1. The summed E-state index contributed by atoms with van der Waals surface area (Å²) in [5, 5.41) is 0.484. The number of para-hydroxylation sites is 1. The van der Waals surface area contributed by atoms with Gasteiger partial charge in [0.05, 0.1) is 16.3 Å². The molecule has 2 aromatic heterocycles. The van der Waals surface area contributed by atoms with Gasteiger partial charge in [-0.3, -0.25) is 0 Å². The summed E-state index contributed by atoms with van der Waals surface area (Å²) in [4.78, 5) is 16.8. The first kappa shape index (κ1) is 14.0. The molecule has 0 amide bonds. The SMILES string of the molecule is CC(C)Oc1nc(N)nc(Sc2nc3ccccc3s2)n1. The number of nitrogens with zero attached hydrogens (tertiary/aromatic N) is 4. The van der Waals surface area contributed by atoms with Crippen LogP contribution in [-0.2, 0) is 0 Å². The first-order chi connectivity index (χ1) is 10.1. The molecule has 0 aliphatic rings. The van der Waals surface area contributed by atoms with Gasteiger partial charge < -0.3 is 10.5 Å². The number of nitrogen functional groups attached to an aromatic ring is 1. The van der Waals surface area contributed by atoms with Gasteiger partial charge in [-0.05, 0) is 37.7 Å². The molecule has 3 aromatic rings. The zero-order chi connectivity index (χ0) is 14.8. The predicted molar refractivity (Wildman–Crippen MR) is 83.7 cm³/mol. The number of rotatable bonds is 4. The lowest BCUT2D eigenvalue weighted by Gasteiger charge is -2.08. The molecule has 0 aliphatic heterocycles. The molecule has 1 aromatic carbocycles. The van der Waals surface area contributed by atoms with Gasteiger partial charge in [0.1, 0.15) is 0 Å². The number of ether oxygens (including phenoxy) is 1. The molecule has 0 aliphatic carbocycles. The molecule has 2 N–H and O–H groups in total. The number of hydrogen-bond acceptors (Lipinski definition) is 8. The highest BCUT2D eigenvalue weighted by atomic mass is 32.2. The number of thiazole rings is 1. The van der Waals surface area contributed by atoms with Crippen LogP contribution < -0.4 is 10.5 Å². The lowest BCUT2D eigenvalue weighted by molar-refractivity contribution is 0.219. The van der Waals surface area contributed by atoms with Crippen molar-refractivity contribution < 1.29 is 4.74 Å². The van der Waals surface area contributed by atoms with E-state index < -0.39 is 0 Å². The zero-order valence-corrected chi connectivity index (χ0v) is 13.1. The van der Waals surface area contributed by atoms with Crippen molar-refractivity contribution in [3.05, 3.63) is 24.3 Å².